The predicted molar refractivity (Wildman–Crippen MR) is 122 cm³/mol. The Morgan fingerprint density at radius 3 is 2.23 bits per heavy atom. The third kappa shape index (κ3) is 7.06. The van der Waals surface area contributed by atoms with E-state index in [1.54, 1.807) is 43.8 Å². The van der Waals surface area contributed by atoms with Gasteiger partial charge in [0, 0.05) is 43.1 Å². The second-order valence-electron chi connectivity index (χ2n) is 7.86. The number of alkyl halides is 2. The number of hydrogen-bond donors (Lipinski definition) is 0. The summed E-state index contributed by atoms with van der Waals surface area (Å²) in [6, 6.07) is 9.36. The molecule has 3 rings (SSSR count). The number of pyridine rings is 1. The Bertz CT molecular complexity index is 764. The number of methoxy groups -OCH3 is 1. The standard InChI is InChI=1S/C21H27F2N3O2.C3H8/c1-15(2)25-12-9-17(10-13-25)26(19-14-24-11-8-20(19)27-3)16-4-6-18(7-5-16)28-21(22)23;1-3-2/h4-8,11,14-15,17,21H,9-10,12-13H2,1-3H3;3H2,1-2H3. The van der Waals surface area contributed by atoms with Gasteiger partial charge in [-0.2, -0.15) is 8.78 Å². The monoisotopic (exact) mass is 435 g/mol. The molecule has 2 aromatic rings. The Kier molecular flexibility index (Phi) is 9.98. The molecule has 0 saturated carbocycles. The molecule has 2 heterocycles. The highest BCUT2D eigenvalue weighted by atomic mass is 19.3. The minimum atomic E-state index is -2.83. The van der Waals surface area contributed by atoms with E-state index < -0.39 is 6.61 Å². The molecule has 5 nitrogen and oxygen atoms in total. The highest BCUT2D eigenvalue weighted by Gasteiger charge is 2.28. The lowest BCUT2D eigenvalue weighted by atomic mass is 10.00. The molecule has 0 amide bonds. The third-order valence-corrected chi connectivity index (χ3v) is 5.18. The SMILES string of the molecule is CCC.COc1ccncc1N(c1ccc(OC(F)F)cc1)C1CCN(C(C)C)CC1. The van der Waals surface area contributed by atoms with Crippen LogP contribution in [0, 0.1) is 0 Å². The smallest absolute Gasteiger partial charge is 0.387 e. The number of hydrogen-bond acceptors (Lipinski definition) is 5. The number of halogens is 2. The van der Waals surface area contributed by atoms with Crippen molar-refractivity contribution in [3.05, 3.63) is 42.7 Å². The maximum absolute atomic E-state index is 12.5. The van der Waals surface area contributed by atoms with Crippen molar-refractivity contribution in [2.75, 3.05) is 25.1 Å². The van der Waals surface area contributed by atoms with Crippen LogP contribution < -0.4 is 14.4 Å². The van der Waals surface area contributed by atoms with Crippen LogP contribution in [0.3, 0.4) is 0 Å². The zero-order valence-corrected chi connectivity index (χ0v) is 19.2. The van der Waals surface area contributed by atoms with Crippen molar-refractivity contribution in [2.45, 2.75) is 65.7 Å². The first-order chi connectivity index (χ1) is 14.9. The van der Waals surface area contributed by atoms with E-state index in [2.05, 4.69) is 47.2 Å². The molecule has 1 aliphatic rings. The lowest BCUT2D eigenvalue weighted by Crippen LogP contribution is -2.45. The van der Waals surface area contributed by atoms with Crippen molar-refractivity contribution in [3.8, 4) is 11.5 Å². The summed E-state index contributed by atoms with van der Waals surface area (Å²) in [5.74, 6) is 0.876. The Morgan fingerprint density at radius 2 is 1.71 bits per heavy atom. The molecular formula is C24H35F2N3O2. The lowest BCUT2D eigenvalue weighted by molar-refractivity contribution is -0.0498. The summed E-state index contributed by atoms with van der Waals surface area (Å²) in [5, 5.41) is 0. The van der Waals surface area contributed by atoms with Crippen molar-refractivity contribution in [3.63, 3.8) is 0 Å². The van der Waals surface area contributed by atoms with Crippen LogP contribution in [0.25, 0.3) is 0 Å². The topological polar surface area (TPSA) is 37.8 Å². The summed E-state index contributed by atoms with van der Waals surface area (Å²) in [6.07, 6.45) is 6.72. The summed E-state index contributed by atoms with van der Waals surface area (Å²) in [5.41, 5.74) is 1.77. The fourth-order valence-corrected chi connectivity index (χ4v) is 3.72. The van der Waals surface area contributed by atoms with E-state index in [1.807, 2.05) is 6.07 Å². The van der Waals surface area contributed by atoms with Crippen LogP contribution in [0.4, 0.5) is 20.2 Å². The number of ether oxygens (including phenoxy) is 2. The average Bonchev–Trinajstić information content (AvgIpc) is 2.76. The molecule has 31 heavy (non-hydrogen) atoms. The minimum Gasteiger partial charge on any atom is -0.494 e. The van der Waals surface area contributed by atoms with Gasteiger partial charge in [-0.25, -0.2) is 0 Å². The first-order valence-corrected chi connectivity index (χ1v) is 11.0. The maximum atomic E-state index is 12.5. The molecule has 1 aromatic carbocycles. The minimum absolute atomic E-state index is 0.145. The molecular weight excluding hydrogens is 400 g/mol. The van der Waals surface area contributed by atoms with E-state index in [-0.39, 0.29) is 11.8 Å². The van der Waals surface area contributed by atoms with E-state index >= 15 is 0 Å². The van der Waals surface area contributed by atoms with Gasteiger partial charge in [-0.05, 0) is 51.0 Å². The molecule has 1 fully saturated rings. The second-order valence-corrected chi connectivity index (χ2v) is 7.86. The average molecular weight is 436 g/mol. The zero-order chi connectivity index (χ0) is 22.8. The largest absolute Gasteiger partial charge is 0.494 e. The predicted octanol–water partition coefficient (Wildman–Crippen LogP) is 6.12. The van der Waals surface area contributed by atoms with Crippen LogP contribution in [0.15, 0.2) is 42.7 Å². The van der Waals surface area contributed by atoms with Gasteiger partial charge in [-0.1, -0.05) is 20.3 Å². The fourth-order valence-electron chi connectivity index (χ4n) is 3.72. The number of rotatable bonds is 7. The molecule has 0 atom stereocenters. The Labute approximate surface area is 185 Å². The first kappa shape index (κ1) is 24.9. The van der Waals surface area contributed by atoms with Crippen molar-refractivity contribution in [2.24, 2.45) is 0 Å². The zero-order valence-electron chi connectivity index (χ0n) is 19.2. The van der Waals surface area contributed by atoms with Gasteiger partial charge in [-0.15, -0.1) is 0 Å². The molecule has 1 aromatic heterocycles. The fraction of sp³-hybridized carbons (Fsp3) is 0.542. The molecule has 0 unspecified atom stereocenters. The molecule has 0 bridgehead atoms. The van der Waals surface area contributed by atoms with Crippen molar-refractivity contribution < 1.29 is 18.3 Å². The second kappa shape index (κ2) is 12.4. The molecule has 7 heteroatoms. The molecule has 1 aliphatic heterocycles. The van der Waals surface area contributed by atoms with Gasteiger partial charge >= 0.3 is 6.61 Å². The Morgan fingerprint density at radius 1 is 1.10 bits per heavy atom. The van der Waals surface area contributed by atoms with Gasteiger partial charge in [0.05, 0.1) is 13.3 Å². The van der Waals surface area contributed by atoms with Gasteiger partial charge in [-0.3, -0.25) is 4.98 Å². The number of nitrogens with zero attached hydrogens (tertiary/aromatic N) is 3. The summed E-state index contributed by atoms with van der Waals surface area (Å²) in [4.78, 5) is 8.95. The summed E-state index contributed by atoms with van der Waals surface area (Å²) >= 11 is 0. The van der Waals surface area contributed by atoms with Gasteiger partial charge in [0.1, 0.15) is 17.2 Å². The van der Waals surface area contributed by atoms with E-state index in [0.29, 0.717) is 6.04 Å². The number of benzene rings is 1. The number of anilines is 2. The van der Waals surface area contributed by atoms with E-state index in [1.165, 1.54) is 6.42 Å². The van der Waals surface area contributed by atoms with E-state index in [9.17, 15) is 8.78 Å². The summed E-state index contributed by atoms with van der Waals surface area (Å²) in [7, 11) is 1.64. The third-order valence-electron chi connectivity index (χ3n) is 5.18. The van der Waals surface area contributed by atoms with Crippen LogP contribution in [-0.2, 0) is 0 Å². The van der Waals surface area contributed by atoms with Crippen molar-refractivity contribution in [1.82, 2.24) is 9.88 Å². The van der Waals surface area contributed by atoms with E-state index in [4.69, 9.17) is 4.74 Å². The molecule has 172 valence electrons. The Balaban J connectivity index is 0.00000107. The summed E-state index contributed by atoms with van der Waals surface area (Å²) < 4.78 is 35.0. The number of aromatic nitrogens is 1. The molecule has 0 N–H and O–H groups in total. The van der Waals surface area contributed by atoms with Crippen LogP contribution in [0.1, 0.15) is 47.0 Å². The quantitative estimate of drug-likeness (QED) is 0.524. The number of piperidine rings is 1. The lowest BCUT2D eigenvalue weighted by Gasteiger charge is -2.41. The van der Waals surface area contributed by atoms with E-state index in [0.717, 1.165) is 43.1 Å². The van der Waals surface area contributed by atoms with Crippen LogP contribution in [0.2, 0.25) is 0 Å². The van der Waals surface area contributed by atoms with Gasteiger partial charge in [0.25, 0.3) is 0 Å². The Hall–Kier alpha value is -2.41. The molecule has 0 aliphatic carbocycles. The van der Waals surface area contributed by atoms with Crippen molar-refractivity contribution >= 4 is 11.4 Å². The van der Waals surface area contributed by atoms with Crippen LogP contribution in [-0.4, -0.2) is 48.8 Å². The van der Waals surface area contributed by atoms with Crippen molar-refractivity contribution in [1.29, 1.82) is 0 Å². The summed E-state index contributed by atoms with van der Waals surface area (Å²) in [6.45, 7) is 7.86. The van der Waals surface area contributed by atoms with Gasteiger partial charge < -0.3 is 19.3 Å². The molecule has 0 radical (unpaired) electrons. The van der Waals surface area contributed by atoms with Gasteiger partial charge in [0.2, 0.25) is 0 Å². The maximum Gasteiger partial charge on any atom is 0.387 e. The normalized spacial score (nSPS) is 14.9. The van der Waals surface area contributed by atoms with Gasteiger partial charge in [0.15, 0.2) is 0 Å². The highest BCUT2D eigenvalue weighted by Crippen LogP contribution is 2.38. The molecule has 1 saturated heterocycles. The molecule has 0 spiro atoms. The number of likely N-dealkylation sites (tertiary alicyclic amines) is 1. The first-order valence-electron chi connectivity index (χ1n) is 11.0. The van der Waals surface area contributed by atoms with Crippen LogP contribution in [0.5, 0.6) is 11.5 Å². The highest BCUT2D eigenvalue weighted by molar-refractivity contribution is 5.69. The van der Waals surface area contributed by atoms with Crippen LogP contribution >= 0.6 is 0 Å².